The Morgan fingerprint density at radius 1 is 1.32 bits per heavy atom. The summed E-state index contributed by atoms with van der Waals surface area (Å²) in [4.78, 5) is 3.99. The van der Waals surface area contributed by atoms with Crippen LogP contribution >= 0.6 is 0 Å². The second-order valence-corrected chi connectivity index (χ2v) is 4.26. The monoisotopic (exact) mass is 264 g/mol. The SMILES string of the molecule is CCCNCc1nnc(NCCCn2ccnc2)o1. The molecule has 0 spiro atoms. The fraction of sp³-hybridized carbons (Fsp3) is 0.583. The summed E-state index contributed by atoms with van der Waals surface area (Å²) in [6.45, 7) is 5.41. The zero-order chi connectivity index (χ0) is 13.3. The average molecular weight is 264 g/mol. The Bertz CT molecular complexity index is 452. The van der Waals surface area contributed by atoms with Gasteiger partial charge in [-0.1, -0.05) is 12.0 Å². The fourth-order valence-corrected chi connectivity index (χ4v) is 1.64. The van der Waals surface area contributed by atoms with Crippen LogP contribution in [-0.2, 0) is 13.1 Å². The summed E-state index contributed by atoms with van der Waals surface area (Å²) in [5.74, 6) is 0.616. The third-order valence-corrected chi connectivity index (χ3v) is 2.60. The quantitative estimate of drug-likeness (QED) is 0.664. The lowest BCUT2D eigenvalue weighted by atomic mass is 10.4. The number of nitrogens with zero attached hydrogens (tertiary/aromatic N) is 4. The molecule has 0 aliphatic rings. The first-order chi connectivity index (χ1) is 9.38. The van der Waals surface area contributed by atoms with Crippen molar-refractivity contribution in [2.45, 2.75) is 32.9 Å². The largest absolute Gasteiger partial charge is 0.407 e. The van der Waals surface area contributed by atoms with Crippen LogP contribution in [0.1, 0.15) is 25.7 Å². The zero-order valence-corrected chi connectivity index (χ0v) is 11.2. The minimum atomic E-state index is 0.485. The van der Waals surface area contributed by atoms with Gasteiger partial charge in [0, 0.05) is 25.5 Å². The summed E-state index contributed by atoms with van der Waals surface area (Å²) in [7, 11) is 0. The van der Waals surface area contributed by atoms with Crippen LogP contribution in [-0.4, -0.2) is 32.8 Å². The Balaban J connectivity index is 1.63. The van der Waals surface area contributed by atoms with Crippen LogP contribution in [0.15, 0.2) is 23.1 Å². The molecule has 0 radical (unpaired) electrons. The molecular weight excluding hydrogens is 244 g/mol. The molecule has 0 aromatic carbocycles. The molecule has 7 nitrogen and oxygen atoms in total. The third kappa shape index (κ3) is 4.70. The number of rotatable bonds is 9. The first kappa shape index (κ1) is 13.5. The van der Waals surface area contributed by atoms with Gasteiger partial charge in [0.25, 0.3) is 0 Å². The molecular formula is C12H20N6O. The second-order valence-electron chi connectivity index (χ2n) is 4.26. The van der Waals surface area contributed by atoms with Gasteiger partial charge in [0.2, 0.25) is 5.89 Å². The summed E-state index contributed by atoms with van der Waals surface area (Å²) in [6, 6.07) is 0.485. The smallest absolute Gasteiger partial charge is 0.315 e. The molecule has 0 aliphatic carbocycles. The van der Waals surface area contributed by atoms with Gasteiger partial charge in [-0.15, -0.1) is 5.10 Å². The van der Waals surface area contributed by atoms with E-state index in [0.717, 1.165) is 32.5 Å². The number of hydrogen-bond acceptors (Lipinski definition) is 6. The minimum Gasteiger partial charge on any atom is -0.407 e. The Morgan fingerprint density at radius 3 is 3.05 bits per heavy atom. The van der Waals surface area contributed by atoms with Crippen molar-refractivity contribution in [3.8, 4) is 0 Å². The second kappa shape index (κ2) is 7.52. The van der Waals surface area contributed by atoms with Gasteiger partial charge in [0.15, 0.2) is 0 Å². The van der Waals surface area contributed by atoms with E-state index in [1.54, 1.807) is 6.20 Å². The lowest BCUT2D eigenvalue weighted by Gasteiger charge is -2.02. The Kier molecular flexibility index (Phi) is 5.36. The van der Waals surface area contributed by atoms with Crippen molar-refractivity contribution in [1.82, 2.24) is 25.1 Å². The first-order valence-corrected chi connectivity index (χ1v) is 6.61. The van der Waals surface area contributed by atoms with Crippen molar-refractivity contribution in [3.05, 3.63) is 24.6 Å². The highest BCUT2D eigenvalue weighted by atomic mass is 16.4. The van der Waals surface area contributed by atoms with Crippen molar-refractivity contribution >= 4 is 6.01 Å². The summed E-state index contributed by atoms with van der Waals surface area (Å²) in [5, 5.41) is 14.2. The number of anilines is 1. The summed E-state index contributed by atoms with van der Waals surface area (Å²) in [5.41, 5.74) is 0. The van der Waals surface area contributed by atoms with E-state index >= 15 is 0 Å². The van der Waals surface area contributed by atoms with E-state index in [1.807, 2.05) is 17.1 Å². The van der Waals surface area contributed by atoms with Gasteiger partial charge < -0.3 is 19.6 Å². The maximum Gasteiger partial charge on any atom is 0.315 e. The van der Waals surface area contributed by atoms with Crippen LogP contribution in [0.3, 0.4) is 0 Å². The number of aromatic nitrogens is 4. The highest BCUT2D eigenvalue weighted by Crippen LogP contribution is 2.05. The van der Waals surface area contributed by atoms with Crippen molar-refractivity contribution in [1.29, 1.82) is 0 Å². The molecule has 2 aromatic heterocycles. The molecule has 0 saturated heterocycles. The molecule has 0 atom stereocenters. The normalized spacial score (nSPS) is 10.8. The predicted octanol–water partition coefficient (Wildman–Crippen LogP) is 1.27. The van der Waals surface area contributed by atoms with Crippen molar-refractivity contribution < 1.29 is 4.42 Å². The highest BCUT2D eigenvalue weighted by molar-refractivity contribution is 5.16. The standard InChI is InChI=1S/C12H20N6O/c1-2-4-13-9-11-16-17-12(19-11)15-5-3-7-18-8-6-14-10-18/h6,8,10,13H,2-5,7,9H2,1H3,(H,15,17). The lowest BCUT2D eigenvalue weighted by Crippen LogP contribution is -2.13. The van der Waals surface area contributed by atoms with Crippen LogP contribution in [0, 0.1) is 0 Å². The minimum absolute atomic E-state index is 0.485. The van der Waals surface area contributed by atoms with Gasteiger partial charge in [-0.05, 0) is 19.4 Å². The van der Waals surface area contributed by atoms with E-state index in [0.29, 0.717) is 18.5 Å². The summed E-state index contributed by atoms with van der Waals surface area (Å²) < 4.78 is 7.49. The molecule has 2 rings (SSSR count). The van der Waals surface area contributed by atoms with Crippen LogP contribution in [0.4, 0.5) is 6.01 Å². The van der Waals surface area contributed by atoms with Crippen molar-refractivity contribution in [2.24, 2.45) is 0 Å². The van der Waals surface area contributed by atoms with E-state index in [2.05, 4.69) is 32.7 Å². The zero-order valence-electron chi connectivity index (χ0n) is 11.2. The third-order valence-electron chi connectivity index (χ3n) is 2.60. The summed E-state index contributed by atoms with van der Waals surface area (Å²) in [6.07, 6.45) is 7.60. The Labute approximate surface area is 112 Å². The van der Waals surface area contributed by atoms with E-state index in [9.17, 15) is 0 Å². The number of aryl methyl sites for hydroxylation is 1. The van der Waals surface area contributed by atoms with E-state index in [1.165, 1.54) is 0 Å². The maximum absolute atomic E-state index is 5.45. The molecule has 0 saturated carbocycles. The predicted molar refractivity (Wildman–Crippen MR) is 71.6 cm³/mol. The van der Waals surface area contributed by atoms with Gasteiger partial charge in [-0.3, -0.25) is 0 Å². The van der Waals surface area contributed by atoms with Gasteiger partial charge in [0.1, 0.15) is 0 Å². The van der Waals surface area contributed by atoms with Crippen LogP contribution < -0.4 is 10.6 Å². The lowest BCUT2D eigenvalue weighted by molar-refractivity contribution is 0.476. The molecule has 2 heterocycles. The number of imidazole rings is 1. The Morgan fingerprint density at radius 2 is 2.26 bits per heavy atom. The molecule has 0 bridgehead atoms. The van der Waals surface area contributed by atoms with Crippen LogP contribution in [0.25, 0.3) is 0 Å². The van der Waals surface area contributed by atoms with Crippen molar-refractivity contribution in [2.75, 3.05) is 18.4 Å². The highest BCUT2D eigenvalue weighted by Gasteiger charge is 2.04. The molecule has 7 heteroatoms. The van der Waals surface area contributed by atoms with Gasteiger partial charge in [-0.25, -0.2) is 4.98 Å². The topological polar surface area (TPSA) is 80.8 Å². The number of hydrogen-bond donors (Lipinski definition) is 2. The molecule has 0 unspecified atom stereocenters. The molecule has 2 N–H and O–H groups in total. The molecule has 0 aliphatic heterocycles. The first-order valence-electron chi connectivity index (χ1n) is 6.61. The van der Waals surface area contributed by atoms with Crippen molar-refractivity contribution in [3.63, 3.8) is 0 Å². The van der Waals surface area contributed by atoms with Gasteiger partial charge in [-0.2, -0.15) is 0 Å². The summed E-state index contributed by atoms with van der Waals surface area (Å²) >= 11 is 0. The number of nitrogens with one attached hydrogen (secondary N) is 2. The van der Waals surface area contributed by atoms with E-state index in [-0.39, 0.29) is 0 Å². The van der Waals surface area contributed by atoms with Crippen LogP contribution in [0.2, 0.25) is 0 Å². The molecule has 0 amide bonds. The van der Waals surface area contributed by atoms with Gasteiger partial charge in [0.05, 0.1) is 12.9 Å². The molecule has 104 valence electrons. The van der Waals surface area contributed by atoms with E-state index in [4.69, 9.17) is 4.42 Å². The van der Waals surface area contributed by atoms with Gasteiger partial charge >= 0.3 is 6.01 Å². The van der Waals surface area contributed by atoms with E-state index < -0.39 is 0 Å². The fourth-order valence-electron chi connectivity index (χ4n) is 1.64. The maximum atomic E-state index is 5.45. The average Bonchev–Trinajstić information content (AvgIpc) is 3.06. The Hall–Kier alpha value is -1.89. The molecule has 2 aromatic rings. The van der Waals surface area contributed by atoms with Crippen LogP contribution in [0.5, 0.6) is 0 Å². The molecule has 19 heavy (non-hydrogen) atoms. The molecule has 0 fully saturated rings.